The van der Waals surface area contributed by atoms with Crippen molar-refractivity contribution in [3.8, 4) is 0 Å². The molecule has 0 unspecified atom stereocenters. The Labute approximate surface area is 86.1 Å². The molecule has 1 aromatic rings. The van der Waals surface area contributed by atoms with E-state index in [4.69, 9.17) is 5.73 Å². The number of nitrogens with one attached hydrogen (secondary N) is 1. The van der Waals surface area contributed by atoms with Gasteiger partial charge < -0.3 is 11.1 Å². The third-order valence-corrected chi connectivity index (χ3v) is 2.12. The molecule has 0 atom stereocenters. The maximum Gasteiger partial charge on any atom is 0.246 e. The van der Waals surface area contributed by atoms with Crippen LogP contribution in [0.25, 0.3) is 0 Å². The fourth-order valence-corrected chi connectivity index (χ4v) is 1.35. The number of piperazine rings is 1. The van der Waals surface area contributed by atoms with Crippen molar-refractivity contribution in [2.45, 2.75) is 0 Å². The number of pyridine rings is 1. The monoisotopic (exact) mass is 206 g/mol. The van der Waals surface area contributed by atoms with Crippen molar-refractivity contribution in [2.24, 2.45) is 0 Å². The van der Waals surface area contributed by atoms with E-state index in [2.05, 4.69) is 10.3 Å². The number of hydrogen-bond donors (Lipinski definition) is 2. The quantitative estimate of drug-likeness (QED) is 0.625. The van der Waals surface area contributed by atoms with Gasteiger partial charge in [-0.2, -0.15) is 0 Å². The van der Waals surface area contributed by atoms with E-state index in [0.29, 0.717) is 11.5 Å². The van der Waals surface area contributed by atoms with Crippen molar-refractivity contribution in [3.05, 3.63) is 18.3 Å². The summed E-state index contributed by atoms with van der Waals surface area (Å²) in [5.74, 6) is 0.0558. The number of amides is 2. The van der Waals surface area contributed by atoms with Gasteiger partial charge in [0.05, 0.1) is 18.4 Å². The minimum atomic E-state index is -0.175. The molecular weight excluding hydrogens is 196 g/mol. The number of hydrogen-bond acceptors (Lipinski definition) is 4. The first-order valence-corrected chi connectivity index (χ1v) is 4.45. The lowest BCUT2D eigenvalue weighted by Crippen LogP contribution is -2.51. The van der Waals surface area contributed by atoms with E-state index in [1.807, 2.05) is 0 Å². The number of aromatic nitrogens is 1. The zero-order valence-electron chi connectivity index (χ0n) is 7.93. The van der Waals surface area contributed by atoms with Gasteiger partial charge in [0.15, 0.2) is 0 Å². The van der Waals surface area contributed by atoms with Crippen LogP contribution in [0.5, 0.6) is 0 Å². The molecule has 0 aliphatic carbocycles. The van der Waals surface area contributed by atoms with Crippen LogP contribution in [0.15, 0.2) is 18.3 Å². The summed E-state index contributed by atoms with van der Waals surface area (Å²) in [5, 5.41) is 2.47. The van der Waals surface area contributed by atoms with Gasteiger partial charge in [-0.05, 0) is 12.1 Å². The second kappa shape index (κ2) is 3.56. The molecule has 0 aromatic carbocycles. The highest BCUT2D eigenvalue weighted by Crippen LogP contribution is 2.14. The largest absolute Gasteiger partial charge is 0.384 e. The van der Waals surface area contributed by atoms with Crippen LogP contribution in [0.1, 0.15) is 0 Å². The lowest BCUT2D eigenvalue weighted by Gasteiger charge is -2.26. The van der Waals surface area contributed by atoms with Crippen LogP contribution in [-0.2, 0) is 9.59 Å². The smallest absolute Gasteiger partial charge is 0.246 e. The van der Waals surface area contributed by atoms with Crippen LogP contribution in [0.3, 0.4) is 0 Å². The Morgan fingerprint density at radius 3 is 2.87 bits per heavy atom. The molecule has 1 aliphatic rings. The lowest BCUT2D eigenvalue weighted by atomic mass is 10.3. The minimum absolute atomic E-state index is 0.0310. The number of carbonyl (C=O) groups excluding carboxylic acids is 2. The molecule has 1 aromatic heterocycles. The van der Waals surface area contributed by atoms with Gasteiger partial charge in [-0.25, -0.2) is 4.98 Å². The summed E-state index contributed by atoms with van der Waals surface area (Å²) >= 11 is 0. The zero-order valence-corrected chi connectivity index (χ0v) is 7.93. The third kappa shape index (κ3) is 1.88. The summed E-state index contributed by atoms with van der Waals surface area (Å²) in [4.78, 5) is 27.8. The van der Waals surface area contributed by atoms with E-state index in [1.165, 1.54) is 11.1 Å². The number of nitrogens with two attached hydrogens (primary N) is 1. The Morgan fingerprint density at radius 2 is 2.20 bits per heavy atom. The molecule has 0 bridgehead atoms. The van der Waals surface area contributed by atoms with Crippen LogP contribution in [0, 0.1) is 0 Å². The molecule has 1 aliphatic heterocycles. The SMILES string of the molecule is Nc1ccc(N2CC(=O)NCC2=O)cn1. The molecule has 1 fully saturated rings. The Bertz CT molecular complexity index is 401. The second-order valence-electron chi connectivity index (χ2n) is 3.20. The van der Waals surface area contributed by atoms with Crippen LogP contribution >= 0.6 is 0 Å². The zero-order chi connectivity index (χ0) is 10.8. The Morgan fingerprint density at radius 1 is 1.40 bits per heavy atom. The standard InChI is InChI=1S/C9H10N4O2/c10-7-2-1-6(3-11-7)13-5-8(14)12-4-9(13)15/h1-3H,4-5H2,(H2,10,11)(H,12,14). The van der Waals surface area contributed by atoms with E-state index in [-0.39, 0.29) is 24.9 Å². The van der Waals surface area contributed by atoms with Crippen LogP contribution < -0.4 is 16.0 Å². The highest BCUT2D eigenvalue weighted by Gasteiger charge is 2.24. The summed E-state index contributed by atoms with van der Waals surface area (Å²) in [7, 11) is 0. The summed E-state index contributed by atoms with van der Waals surface area (Å²) in [6.07, 6.45) is 1.48. The Balaban J connectivity index is 2.25. The molecule has 1 saturated heterocycles. The molecule has 2 heterocycles. The van der Waals surface area contributed by atoms with Gasteiger partial charge in [-0.3, -0.25) is 14.5 Å². The predicted molar refractivity (Wildman–Crippen MR) is 54.0 cm³/mol. The molecule has 3 N–H and O–H groups in total. The molecular formula is C9H10N4O2. The van der Waals surface area contributed by atoms with E-state index >= 15 is 0 Å². The van der Waals surface area contributed by atoms with Crippen molar-refractivity contribution in [3.63, 3.8) is 0 Å². The highest BCUT2D eigenvalue weighted by atomic mass is 16.2. The van der Waals surface area contributed by atoms with Crippen molar-refractivity contribution >= 4 is 23.3 Å². The minimum Gasteiger partial charge on any atom is -0.384 e. The van der Waals surface area contributed by atoms with Crippen molar-refractivity contribution in [1.29, 1.82) is 0 Å². The van der Waals surface area contributed by atoms with Gasteiger partial charge in [0, 0.05) is 0 Å². The average Bonchev–Trinajstić information content (AvgIpc) is 2.23. The maximum atomic E-state index is 11.5. The van der Waals surface area contributed by atoms with Gasteiger partial charge in [0.25, 0.3) is 0 Å². The molecule has 0 spiro atoms. The van der Waals surface area contributed by atoms with E-state index in [0.717, 1.165) is 0 Å². The average molecular weight is 206 g/mol. The first-order valence-electron chi connectivity index (χ1n) is 4.45. The number of nitrogens with zero attached hydrogens (tertiary/aromatic N) is 2. The molecule has 0 saturated carbocycles. The van der Waals surface area contributed by atoms with Gasteiger partial charge >= 0.3 is 0 Å². The normalized spacial score (nSPS) is 16.4. The molecule has 0 radical (unpaired) electrons. The molecule has 15 heavy (non-hydrogen) atoms. The summed E-state index contributed by atoms with van der Waals surface area (Å²) < 4.78 is 0. The van der Waals surface area contributed by atoms with Crippen molar-refractivity contribution < 1.29 is 9.59 Å². The first-order chi connectivity index (χ1) is 7.16. The fourth-order valence-electron chi connectivity index (χ4n) is 1.35. The predicted octanol–water partition coefficient (Wildman–Crippen LogP) is -0.873. The second-order valence-corrected chi connectivity index (χ2v) is 3.20. The summed E-state index contributed by atoms with van der Waals surface area (Å²) in [6, 6.07) is 3.26. The molecule has 6 nitrogen and oxygen atoms in total. The Hall–Kier alpha value is -2.11. The summed E-state index contributed by atoms with van der Waals surface area (Å²) in [5.41, 5.74) is 6.01. The lowest BCUT2D eigenvalue weighted by molar-refractivity contribution is -0.128. The van der Waals surface area contributed by atoms with E-state index in [9.17, 15) is 9.59 Å². The van der Waals surface area contributed by atoms with Crippen LogP contribution in [0.2, 0.25) is 0 Å². The number of rotatable bonds is 1. The van der Waals surface area contributed by atoms with Crippen LogP contribution in [0.4, 0.5) is 11.5 Å². The number of carbonyl (C=O) groups is 2. The first kappa shape index (κ1) is 9.45. The van der Waals surface area contributed by atoms with Crippen molar-refractivity contribution in [2.75, 3.05) is 23.7 Å². The molecule has 2 rings (SSSR count). The van der Waals surface area contributed by atoms with E-state index in [1.54, 1.807) is 12.1 Å². The van der Waals surface area contributed by atoms with Gasteiger partial charge in [0.1, 0.15) is 12.4 Å². The number of nitrogen functional groups attached to an aromatic ring is 1. The van der Waals surface area contributed by atoms with Crippen molar-refractivity contribution in [1.82, 2.24) is 10.3 Å². The van der Waals surface area contributed by atoms with E-state index < -0.39 is 0 Å². The maximum absolute atomic E-state index is 11.5. The van der Waals surface area contributed by atoms with Gasteiger partial charge in [-0.15, -0.1) is 0 Å². The topological polar surface area (TPSA) is 88.3 Å². The van der Waals surface area contributed by atoms with Crippen LogP contribution in [-0.4, -0.2) is 29.9 Å². The third-order valence-electron chi connectivity index (χ3n) is 2.12. The molecule has 78 valence electrons. The fraction of sp³-hybridized carbons (Fsp3) is 0.222. The molecule has 6 heteroatoms. The Kier molecular flexibility index (Phi) is 2.24. The number of anilines is 2. The molecule has 2 amide bonds. The summed E-state index contributed by atoms with van der Waals surface area (Å²) in [6.45, 7) is 0.0631. The van der Waals surface area contributed by atoms with Gasteiger partial charge in [-0.1, -0.05) is 0 Å². The van der Waals surface area contributed by atoms with Gasteiger partial charge in [0.2, 0.25) is 11.8 Å². The highest BCUT2D eigenvalue weighted by molar-refractivity contribution is 6.04.